The summed E-state index contributed by atoms with van der Waals surface area (Å²) in [5.41, 5.74) is 1.72. The van der Waals surface area contributed by atoms with E-state index in [1.165, 1.54) is 6.07 Å². The Kier molecular flexibility index (Phi) is 4.54. The van der Waals surface area contributed by atoms with E-state index in [1.54, 1.807) is 44.2 Å². The van der Waals surface area contributed by atoms with Gasteiger partial charge in [-0.15, -0.1) is 0 Å². The van der Waals surface area contributed by atoms with Gasteiger partial charge in [0.1, 0.15) is 5.82 Å². The molecular weight excluding hydrogens is 313 g/mol. The zero-order valence-electron chi connectivity index (χ0n) is 11.7. The molecule has 0 atom stereocenters. The third-order valence-corrected chi connectivity index (χ3v) is 4.57. The summed E-state index contributed by atoms with van der Waals surface area (Å²) in [6.07, 6.45) is 0. The third-order valence-electron chi connectivity index (χ3n) is 2.99. The Labute approximate surface area is 128 Å². The van der Waals surface area contributed by atoms with Gasteiger partial charge in [-0.3, -0.25) is 4.72 Å². The molecule has 0 aliphatic carbocycles. The second kappa shape index (κ2) is 6.03. The van der Waals surface area contributed by atoms with Gasteiger partial charge >= 0.3 is 0 Å². The average molecular weight is 328 g/mol. The van der Waals surface area contributed by atoms with Crippen molar-refractivity contribution in [2.24, 2.45) is 0 Å². The van der Waals surface area contributed by atoms with E-state index >= 15 is 0 Å². The molecule has 0 fully saturated rings. The predicted octanol–water partition coefficient (Wildman–Crippen LogP) is 4.04. The molecule has 21 heavy (non-hydrogen) atoms. The predicted molar refractivity (Wildman–Crippen MR) is 83.6 cm³/mol. The van der Waals surface area contributed by atoms with Crippen molar-refractivity contribution in [1.82, 2.24) is 0 Å². The van der Waals surface area contributed by atoms with Crippen LogP contribution in [-0.2, 0) is 15.8 Å². The lowest BCUT2D eigenvalue weighted by atomic mass is 10.1. The van der Waals surface area contributed by atoms with Crippen LogP contribution in [0.5, 0.6) is 0 Å². The highest BCUT2D eigenvalue weighted by Crippen LogP contribution is 2.24. The highest BCUT2D eigenvalue weighted by molar-refractivity contribution is 7.91. The molecule has 2 aromatic carbocycles. The number of hydrogen-bond acceptors (Lipinski definition) is 2. The van der Waals surface area contributed by atoms with Crippen LogP contribution >= 0.6 is 11.6 Å². The Morgan fingerprint density at radius 3 is 2.48 bits per heavy atom. The van der Waals surface area contributed by atoms with Gasteiger partial charge in [0.2, 0.25) is 10.0 Å². The number of hydrogen-bond donors (Lipinski definition) is 1. The van der Waals surface area contributed by atoms with Crippen LogP contribution in [0.15, 0.2) is 36.4 Å². The van der Waals surface area contributed by atoms with Crippen molar-refractivity contribution in [3.63, 3.8) is 0 Å². The normalized spacial score (nSPS) is 11.4. The molecule has 0 unspecified atom stereocenters. The van der Waals surface area contributed by atoms with E-state index in [0.29, 0.717) is 16.1 Å². The first-order valence-electron chi connectivity index (χ1n) is 6.29. The molecule has 0 aliphatic rings. The molecule has 6 heteroatoms. The number of nitrogens with one attached hydrogen (secondary N) is 1. The molecule has 0 heterocycles. The van der Waals surface area contributed by atoms with Gasteiger partial charge in [0.25, 0.3) is 0 Å². The maximum Gasteiger partial charge on any atom is 0.237 e. The largest absolute Gasteiger partial charge is 0.280 e. The highest BCUT2D eigenvalue weighted by atomic mass is 35.5. The minimum atomic E-state index is -3.74. The first kappa shape index (κ1) is 15.8. The van der Waals surface area contributed by atoms with E-state index in [-0.39, 0.29) is 11.4 Å². The van der Waals surface area contributed by atoms with E-state index < -0.39 is 15.8 Å². The number of benzene rings is 2. The fraction of sp³-hybridized carbons (Fsp3) is 0.200. The highest BCUT2D eigenvalue weighted by Gasteiger charge is 2.17. The van der Waals surface area contributed by atoms with Gasteiger partial charge in [0.15, 0.2) is 0 Å². The molecule has 2 rings (SSSR count). The molecule has 2 aromatic rings. The van der Waals surface area contributed by atoms with Gasteiger partial charge in [-0.2, -0.15) is 0 Å². The topological polar surface area (TPSA) is 46.2 Å². The van der Waals surface area contributed by atoms with Gasteiger partial charge in [-0.1, -0.05) is 35.9 Å². The van der Waals surface area contributed by atoms with Gasteiger partial charge in [-0.25, -0.2) is 12.8 Å². The molecule has 0 amide bonds. The fourth-order valence-electron chi connectivity index (χ4n) is 2.06. The molecule has 0 aromatic heterocycles. The van der Waals surface area contributed by atoms with E-state index in [0.717, 1.165) is 5.56 Å². The first-order valence-corrected chi connectivity index (χ1v) is 8.32. The lowest BCUT2D eigenvalue weighted by molar-refractivity contribution is 0.597. The average Bonchev–Trinajstić information content (AvgIpc) is 2.36. The maximum absolute atomic E-state index is 13.9. The number of aryl methyl sites for hydroxylation is 2. The quantitative estimate of drug-likeness (QED) is 0.921. The minimum absolute atomic E-state index is 0.0207. The lowest BCUT2D eigenvalue weighted by Gasteiger charge is -2.13. The third kappa shape index (κ3) is 3.95. The molecule has 0 aliphatic heterocycles. The van der Waals surface area contributed by atoms with E-state index in [2.05, 4.69) is 4.72 Å². The van der Waals surface area contributed by atoms with Crippen molar-refractivity contribution in [2.75, 3.05) is 4.72 Å². The standard InChI is InChI=1S/C15H15ClFNO2S/c1-10-7-11(2)15(14(17)8-10)18-21(19,20)9-12-5-3-4-6-13(12)16/h3-8,18H,9H2,1-2H3. The summed E-state index contributed by atoms with van der Waals surface area (Å²) in [4.78, 5) is 0. The number of anilines is 1. The van der Waals surface area contributed by atoms with Crippen molar-refractivity contribution in [2.45, 2.75) is 19.6 Å². The SMILES string of the molecule is Cc1cc(C)c(NS(=O)(=O)Cc2ccccc2Cl)c(F)c1. The maximum atomic E-state index is 13.9. The molecule has 3 nitrogen and oxygen atoms in total. The molecule has 112 valence electrons. The van der Waals surface area contributed by atoms with Crippen LogP contribution in [0.1, 0.15) is 16.7 Å². The van der Waals surface area contributed by atoms with Gasteiger partial charge in [0.05, 0.1) is 11.4 Å². The summed E-state index contributed by atoms with van der Waals surface area (Å²) in [6.45, 7) is 3.40. The summed E-state index contributed by atoms with van der Waals surface area (Å²) in [5.74, 6) is -0.894. The second-order valence-electron chi connectivity index (χ2n) is 4.89. The lowest BCUT2D eigenvalue weighted by Crippen LogP contribution is -2.17. The summed E-state index contributed by atoms with van der Waals surface area (Å²) < 4.78 is 40.6. The molecule has 1 N–H and O–H groups in total. The minimum Gasteiger partial charge on any atom is -0.280 e. The van der Waals surface area contributed by atoms with Crippen LogP contribution in [0.2, 0.25) is 5.02 Å². The fourth-order valence-corrected chi connectivity index (χ4v) is 3.64. The van der Waals surface area contributed by atoms with Crippen molar-refractivity contribution in [3.05, 3.63) is 63.9 Å². The summed E-state index contributed by atoms with van der Waals surface area (Å²) in [6, 6.07) is 9.67. The van der Waals surface area contributed by atoms with E-state index in [9.17, 15) is 12.8 Å². The van der Waals surface area contributed by atoms with Crippen molar-refractivity contribution >= 4 is 27.3 Å². The summed E-state index contributed by atoms with van der Waals surface area (Å²) >= 11 is 5.95. The monoisotopic (exact) mass is 327 g/mol. The number of sulfonamides is 1. The van der Waals surface area contributed by atoms with Gasteiger partial charge < -0.3 is 0 Å². The number of halogens is 2. The Morgan fingerprint density at radius 2 is 1.86 bits per heavy atom. The summed E-state index contributed by atoms with van der Waals surface area (Å²) in [5, 5.41) is 0.365. The first-order chi connectivity index (χ1) is 9.78. The molecule has 0 spiro atoms. The van der Waals surface area contributed by atoms with Crippen LogP contribution in [0, 0.1) is 19.7 Å². The molecule has 0 radical (unpaired) electrons. The Hall–Kier alpha value is -1.59. The smallest absolute Gasteiger partial charge is 0.237 e. The van der Waals surface area contributed by atoms with Crippen molar-refractivity contribution in [3.8, 4) is 0 Å². The summed E-state index contributed by atoms with van der Waals surface area (Å²) in [7, 11) is -3.74. The van der Waals surface area contributed by atoms with Crippen LogP contribution in [0.25, 0.3) is 0 Å². The zero-order valence-corrected chi connectivity index (χ0v) is 13.2. The molecule has 0 saturated heterocycles. The van der Waals surface area contributed by atoms with Crippen LogP contribution in [-0.4, -0.2) is 8.42 Å². The molecule has 0 saturated carbocycles. The van der Waals surface area contributed by atoms with Crippen molar-refractivity contribution in [1.29, 1.82) is 0 Å². The van der Waals surface area contributed by atoms with E-state index in [1.807, 2.05) is 0 Å². The Bertz CT molecular complexity index is 752. The van der Waals surface area contributed by atoms with Gasteiger partial charge in [0, 0.05) is 5.02 Å². The van der Waals surface area contributed by atoms with Crippen LogP contribution in [0.4, 0.5) is 10.1 Å². The van der Waals surface area contributed by atoms with Crippen LogP contribution < -0.4 is 4.72 Å². The Morgan fingerprint density at radius 1 is 1.19 bits per heavy atom. The number of rotatable bonds is 4. The molecule has 0 bridgehead atoms. The van der Waals surface area contributed by atoms with Gasteiger partial charge in [-0.05, 0) is 42.7 Å². The molecular formula is C15H15ClFNO2S. The van der Waals surface area contributed by atoms with Crippen molar-refractivity contribution < 1.29 is 12.8 Å². The zero-order chi connectivity index (χ0) is 15.6. The van der Waals surface area contributed by atoms with Crippen LogP contribution in [0.3, 0.4) is 0 Å². The van der Waals surface area contributed by atoms with E-state index in [4.69, 9.17) is 11.6 Å². The Balaban J connectivity index is 2.29. The second-order valence-corrected chi connectivity index (χ2v) is 7.02.